The molecule has 0 aliphatic heterocycles. The summed E-state index contributed by atoms with van der Waals surface area (Å²) in [5.41, 5.74) is 3.29. The first-order valence-electron chi connectivity index (χ1n) is 9.37. The first-order chi connectivity index (χ1) is 11.2. The summed E-state index contributed by atoms with van der Waals surface area (Å²) < 4.78 is 0. The second kappa shape index (κ2) is 5.61. The Labute approximate surface area is 140 Å². The number of hydrogen-bond acceptors (Lipinski definition) is 1. The van der Waals surface area contributed by atoms with Crippen molar-refractivity contribution >= 4 is 5.78 Å². The molecule has 2 fully saturated rings. The molecule has 0 N–H and O–H groups in total. The van der Waals surface area contributed by atoms with Crippen LogP contribution in [-0.2, 0) is 4.79 Å². The topological polar surface area (TPSA) is 17.1 Å². The van der Waals surface area contributed by atoms with Gasteiger partial charge in [0.05, 0.1) is 0 Å². The molecule has 4 unspecified atom stereocenters. The summed E-state index contributed by atoms with van der Waals surface area (Å²) in [6.45, 7) is 8.20. The van der Waals surface area contributed by atoms with Crippen LogP contribution < -0.4 is 0 Å². The molecule has 0 aromatic carbocycles. The predicted molar refractivity (Wildman–Crippen MR) is 94.9 cm³/mol. The predicted octanol–water partition coefficient (Wildman–Crippen LogP) is 5.41. The van der Waals surface area contributed by atoms with Gasteiger partial charge in [0.25, 0.3) is 0 Å². The zero-order chi connectivity index (χ0) is 16.0. The van der Waals surface area contributed by atoms with Crippen LogP contribution in [0.3, 0.4) is 0 Å². The molecule has 2 saturated carbocycles. The zero-order valence-corrected chi connectivity index (χ0v) is 14.1. The summed E-state index contributed by atoms with van der Waals surface area (Å²) in [5, 5.41) is 0. The number of fused-ring (bicyclic) bond motifs is 5. The smallest absolute Gasteiger partial charge is 0.155 e. The Morgan fingerprint density at radius 1 is 1.17 bits per heavy atom. The summed E-state index contributed by atoms with van der Waals surface area (Å²) in [5.74, 6) is 3.42. The molecule has 4 aliphatic rings. The van der Waals surface area contributed by atoms with Crippen LogP contribution >= 0.6 is 0 Å². The van der Waals surface area contributed by atoms with Crippen LogP contribution in [-0.4, -0.2) is 5.78 Å². The number of ketones is 1. The number of carbonyl (C=O) groups excluding carboxylic acids is 1. The van der Waals surface area contributed by atoms with E-state index in [0.717, 1.165) is 43.4 Å². The van der Waals surface area contributed by atoms with Crippen LogP contribution in [0.25, 0.3) is 0 Å². The van der Waals surface area contributed by atoms with Crippen molar-refractivity contribution in [3.05, 3.63) is 48.6 Å². The summed E-state index contributed by atoms with van der Waals surface area (Å²) in [6, 6.07) is 0. The number of rotatable bonds is 3. The highest BCUT2D eigenvalue weighted by Crippen LogP contribution is 2.63. The average molecular weight is 308 g/mol. The van der Waals surface area contributed by atoms with Gasteiger partial charge in [-0.2, -0.15) is 0 Å². The van der Waals surface area contributed by atoms with Gasteiger partial charge in [-0.05, 0) is 74.7 Å². The lowest BCUT2D eigenvalue weighted by Gasteiger charge is -2.53. The molecule has 4 aliphatic carbocycles. The van der Waals surface area contributed by atoms with E-state index in [1.54, 1.807) is 5.57 Å². The molecule has 0 aromatic heterocycles. The molecular formula is C22H28O. The molecular weight excluding hydrogens is 280 g/mol. The van der Waals surface area contributed by atoms with Gasteiger partial charge in [0.15, 0.2) is 5.78 Å². The second-order valence-corrected chi connectivity index (χ2v) is 8.04. The van der Waals surface area contributed by atoms with Crippen molar-refractivity contribution in [3.8, 4) is 0 Å². The molecule has 23 heavy (non-hydrogen) atoms. The minimum Gasteiger partial charge on any atom is -0.295 e. The first kappa shape index (κ1) is 15.2. The van der Waals surface area contributed by atoms with Gasteiger partial charge >= 0.3 is 0 Å². The molecule has 0 spiro atoms. The Morgan fingerprint density at radius 3 is 2.83 bits per heavy atom. The molecule has 0 amide bonds. The maximum Gasteiger partial charge on any atom is 0.155 e. The van der Waals surface area contributed by atoms with Crippen molar-refractivity contribution in [1.82, 2.24) is 0 Å². The molecule has 0 bridgehead atoms. The van der Waals surface area contributed by atoms with E-state index in [1.165, 1.54) is 31.3 Å². The van der Waals surface area contributed by atoms with Crippen LogP contribution in [0.15, 0.2) is 48.6 Å². The minimum atomic E-state index is 0.237. The lowest BCUT2D eigenvalue weighted by molar-refractivity contribution is -0.115. The number of allylic oxidation sites excluding steroid dienone is 6. The van der Waals surface area contributed by atoms with Gasteiger partial charge in [0, 0.05) is 11.8 Å². The third-order valence-electron chi connectivity index (χ3n) is 7.37. The quantitative estimate of drug-likeness (QED) is 0.637. The van der Waals surface area contributed by atoms with Crippen LogP contribution in [0.1, 0.15) is 51.4 Å². The molecule has 0 saturated heterocycles. The summed E-state index contributed by atoms with van der Waals surface area (Å²) in [4.78, 5) is 11.8. The van der Waals surface area contributed by atoms with Crippen molar-refractivity contribution in [2.75, 3.05) is 0 Å². The van der Waals surface area contributed by atoms with Gasteiger partial charge in [0.2, 0.25) is 0 Å². The van der Waals surface area contributed by atoms with Crippen molar-refractivity contribution in [1.29, 1.82) is 0 Å². The minimum absolute atomic E-state index is 0.237. The Balaban J connectivity index is 1.63. The highest BCUT2D eigenvalue weighted by Gasteiger charge is 2.54. The normalized spacial score (nSPS) is 42.0. The van der Waals surface area contributed by atoms with Crippen LogP contribution in [0.5, 0.6) is 0 Å². The fourth-order valence-corrected chi connectivity index (χ4v) is 6.41. The Morgan fingerprint density at radius 2 is 2.04 bits per heavy atom. The standard InChI is InChI=1S/C22H28O/c1-3-5-16-7-11-21-20-9-6-15-14-17(23)8-10-18(15)19(20)12-13-22(16,21)4-2/h3-4,7,14,18-21H,1-2,5-6,8-13H2/t18-,19?,20?,21?,22?/m0/s1. The maximum atomic E-state index is 11.8. The monoisotopic (exact) mass is 308 g/mol. The largest absolute Gasteiger partial charge is 0.295 e. The third kappa shape index (κ3) is 2.16. The molecule has 1 heteroatoms. The van der Waals surface area contributed by atoms with E-state index < -0.39 is 0 Å². The van der Waals surface area contributed by atoms with Gasteiger partial charge in [-0.25, -0.2) is 0 Å². The van der Waals surface area contributed by atoms with Gasteiger partial charge in [-0.15, -0.1) is 13.2 Å². The van der Waals surface area contributed by atoms with Gasteiger partial charge in [0.1, 0.15) is 0 Å². The van der Waals surface area contributed by atoms with E-state index in [1.807, 2.05) is 6.08 Å². The highest BCUT2D eigenvalue weighted by atomic mass is 16.1. The number of hydrogen-bond donors (Lipinski definition) is 0. The molecule has 4 rings (SSSR count). The molecule has 0 aromatic rings. The highest BCUT2D eigenvalue weighted by molar-refractivity contribution is 5.91. The SMILES string of the molecule is C=CCC1=CCC2C3CCC4=CC(=O)CC[C@@H]4C3CCC12C=C. The number of carbonyl (C=O) groups is 1. The van der Waals surface area contributed by atoms with Crippen molar-refractivity contribution in [2.24, 2.45) is 29.1 Å². The van der Waals surface area contributed by atoms with Crippen LogP contribution in [0.2, 0.25) is 0 Å². The van der Waals surface area contributed by atoms with Gasteiger partial charge in [-0.1, -0.05) is 29.4 Å². The molecule has 5 atom stereocenters. The van der Waals surface area contributed by atoms with Gasteiger partial charge < -0.3 is 0 Å². The summed E-state index contributed by atoms with van der Waals surface area (Å²) in [7, 11) is 0. The second-order valence-electron chi connectivity index (χ2n) is 8.04. The Kier molecular flexibility index (Phi) is 3.70. The lowest BCUT2D eigenvalue weighted by Crippen LogP contribution is -2.46. The Hall–Kier alpha value is -1.37. The van der Waals surface area contributed by atoms with E-state index in [9.17, 15) is 4.79 Å². The lowest BCUT2D eigenvalue weighted by atomic mass is 9.51. The fraction of sp³-hybridized carbons (Fsp3) is 0.591. The van der Waals surface area contributed by atoms with E-state index in [0.29, 0.717) is 11.7 Å². The maximum absolute atomic E-state index is 11.8. The summed E-state index contributed by atoms with van der Waals surface area (Å²) >= 11 is 0. The average Bonchev–Trinajstić information content (AvgIpc) is 2.94. The molecule has 0 radical (unpaired) electrons. The van der Waals surface area contributed by atoms with Crippen molar-refractivity contribution < 1.29 is 4.79 Å². The van der Waals surface area contributed by atoms with Crippen LogP contribution in [0, 0.1) is 29.1 Å². The molecule has 0 heterocycles. The van der Waals surface area contributed by atoms with E-state index in [4.69, 9.17) is 0 Å². The zero-order valence-electron chi connectivity index (χ0n) is 14.1. The fourth-order valence-electron chi connectivity index (χ4n) is 6.41. The van der Waals surface area contributed by atoms with E-state index >= 15 is 0 Å². The van der Waals surface area contributed by atoms with E-state index in [2.05, 4.69) is 31.4 Å². The van der Waals surface area contributed by atoms with E-state index in [-0.39, 0.29) is 5.41 Å². The summed E-state index contributed by atoms with van der Waals surface area (Å²) in [6.07, 6.45) is 17.9. The van der Waals surface area contributed by atoms with Gasteiger partial charge in [-0.3, -0.25) is 4.79 Å². The van der Waals surface area contributed by atoms with Crippen molar-refractivity contribution in [3.63, 3.8) is 0 Å². The third-order valence-corrected chi connectivity index (χ3v) is 7.37. The van der Waals surface area contributed by atoms with Crippen molar-refractivity contribution in [2.45, 2.75) is 51.4 Å². The molecule has 1 nitrogen and oxygen atoms in total. The van der Waals surface area contributed by atoms with Crippen LogP contribution in [0.4, 0.5) is 0 Å². The Bertz CT molecular complexity index is 607. The first-order valence-corrected chi connectivity index (χ1v) is 9.37. The molecule has 122 valence electrons.